The average molecular weight is 495 g/mol. The van der Waals surface area contributed by atoms with Crippen LogP contribution in [0.15, 0.2) is 54.6 Å². The molecule has 2 unspecified atom stereocenters. The second-order valence-corrected chi connectivity index (χ2v) is 13.0. The van der Waals surface area contributed by atoms with Gasteiger partial charge in [0.1, 0.15) is 6.10 Å². The molecule has 0 amide bonds. The molecule has 2 aromatic carbocycles. The molecule has 0 saturated heterocycles. The van der Waals surface area contributed by atoms with Crippen LogP contribution >= 0.6 is 38.5 Å². The number of aliphatic hydroxyl groups is 1. The van der Waals surface area contributed by atoms with Crippen LogP contribution in [-0.2, 0) is 9.84 Å². The van der Waals surface area contributed by atoms with Gasteiger partial charge in [-0.2, -0.15) is 0 Å². The molecule has 0 heterocycles. The van der Waals surface area contributed by atoms with Gasteiger partial charge in [0.25, 0.3) is 0 Å². The molecule has 0 radical (unpaired) electrons. The first kappa shape index (κ1) is 17.9. The normalized spacial score (nSPS) is 16.0. The molecule has 22 heavy (non-hydrogen) atoms. The van der Waals surface area contributed by atoms with Crippen LogP contribution in [0.5, 0.6) is 0 Å². The quantitative estimate of drug-likeness (QED) is 0.498. The van der Waals surface area contributed by atoms with E-state index in [4.69, 9.17) is 0 Å². The molecule has 3 nitrogen and oxygen atoms in total. The lowest BCUT2D eigenvalue weighted by molar-refractivity contribution is 0.191. The van der Waals surface area contributed by atoms with E-state index in [1.807, 2.05) is 42.5 Å². The zero-order valence-electron chi connectivity index (χ0n) is 11.9. The summed E-state index contributed by atoms with van der Waals surface area (Å²) in [5.74, 6) is -0.0413. The lowest BCUT2D eigenvalue weighted by Crippen LogP contribution is -2.33. The summed E-state index contributed by atoms with van der Waals surface area (Å²) in [5, 5.41) is 10.4. The van der Waals surface area contributed by atoms with E-state index in [0.717, 1.165) is 11.1 Å². The van der Waals surface area contributed by atoms with Crippen molar-refractivity contribution in [1.82, 2.24) is 0 Å². The van der Waals surface area contributed by atoms with Crippen molar-refractivity contribution in [2.75, 3.05) is 5.75 Å². The van der Waals surface area contributed by atoms with Crippen LogP contribution in [0.3, 0.4) is 0 Å². The van der Waals surface area contributed by atoms with E-state index in [1.54, 1.807) is 41.6 Å². The summed E-state index contributed by atoms with van der Waals surface area (Å²) < 4.78 is 22.8. The van der Waals surface area contributed by atoms with Crippen molar-refractivity contribution in [3.05, 3.63) is 60.2 Å². The summed E-state index contributed by atoms with van der Waals surface area (Å²) in [6, 6.07) is 17.1. The van der Waals surface area contributed by atoms with Crippen LogP contribution < -0.4 is 0 Å². The van der Waals surface area contributed by atoms with Crippen molar-refractivity contribution in [1.29, 1.82) is 0 Å². The van der Waals surface area contributed by atoms with E-state index in [9.17, 15) is 13.5 Å². The zero-order chi connectivity index (χ0) is 16.4. The van der Waals surface area contributed by atoms with E-state index in [1.165, 1.54) is 0 Å². The monoisotopic (exact) mass is 494 g/mol. The van der Waals surface area contributed by atoms with Crippen LogP contribution in [0.1, 0.15) is 18.6 Å². The summed E-state index contributed by atoms with van der Waals surface area (Å²) in [6.45, 7) is 1.56. The molecule has 0 fully saturated rings. The second kappa shape index (κ2) is 6.98. The number of sulfone groups is 1. The third-order valence-electron chi connectivity index (χ3n) is 3.45. The van der Waals surface area contributed by atoms with Crippen molar-refractivity contribution < 1.29 is 13.5 Å². The topological polar surface area (TPSA) is 54.4 Å². The van der Waals surface area contributed by atoms with Gasteiger partial charge in [0.2, 0.25) is 1.66 Å². The number of aliphatic hydroxyl groups excluding tert-OH is 1. The number of halogens is 2. The predicted molar refractivity (Wildman–Crippen MR) is 102 cm³/mol. The molecule has 0 aromatic heterocycles. The van der Waals surface area contributed by atoms with Crippen molar-refractivity contribution in [2.45, 2.75) is 14.7 Å². The van der Waals surface area contributed by atoms with Gasteiger partial charge in [-0.05, 0) is 39.3 Å². The number of rotatable bonds is 5. The average Bonchev–Trinajstić information content (AvgIpc) is 2.55. The SMILES string of the molecule is CCS(=O)(=O)C(Br)(I)C(O)c1ccc(-c2ccccc2)cc1. The number of alkyl halides is 2. The smallest absolute Gasteiger partial charge is 0.207 e. The van der Waals surface area contributed by atoms with Gasteiger partial charge in [0.15, 0.2) is 9.84 Å². The molecule has 0 aliphatic carbocycles. The lowest BCUT2D eigenvalue weighted by Gasteiger charge is -2.26. The van der Waals surface area contributed by atoms with E-state index in [-0.39, 0.29) is 5.75 Å². The molecule has 2 rings (SSSR count). The molecular formula is C16H16BrIO3S. The van der Waals surface area contributed by atoms with Gasteiger partial charge in [-0.1, -0.05) is 77.5 Å². The minimum absolute atomic E-state index is 0.0413. The van der Waals surface area contributed by atoms with Gasteiger partial charge >= 0.3 is 0 Å². The molecule has 0 aliphatic heterocycles. The highest BCUT2D eigenvalue weighted by Gasteiger charge is 2.45. The van der Waals surface area contributed by atoms with Crippen molar-refractivity contribution >= 4 is 48.4 Å². The molecule has 118 valence electrons. The zero-order valence-corrected chi connectivity index (χ0v) is 16.5. The molecule has 0 spiro atoms. The van der Waals surface area contributed by atoms with E-state index >= 15 is 0 Å². The standard InChI is InChI=1S/C16H16BrIO3S/c1-2-22(20,21)16(17,18)15(19)14-10-8-13(9-11-14)12-6-4-3-5-7-12/h3-11,15,19H,2H2,1H3. The van der Waals surface area contributed by atoms with Crippen LogP contribution in [0.25, 0.3) is 11.1 Å². The number of hydrogen-bond acceptors (Lipinski definition) is 3. The van der Waals surface area contributed by atoms with Crippen LogP contribution in [0.4, 0.5) is 0 Å². The Morgan fingerprint density at radius 3 is 2.09 bits per heavy atom. The Bertz CT molecular complexity index is 728. The Morgan fingerprint density at radius 2 is 1.59 bits per heavy atom. The third kappa shape index (κ3) is 3.55. The number of hydrogen-bond donors (Lipinski definition) is 1. The van der Waals surface area contributed by atoms with Gasteiger partial charge in [0, 0.05) is 5.75 Å². The fourth-order valence-electron chi connectivity index (χ4n) is 2.05. The second-order valence-electron chi connectivity index (χ2n) is 4.86. The minimum atomic E-state index is -3.45. The summed E-state index contributed by atoms with van der Waals surface area (Å²) in [6.07, 6.45) is -1.15. The highest BCUT2D eigenvalue weighted by atomic mass is 127. The summed E-state index contributed by atoms with van der Waals surface area (Å²) in [4.78, 5) is 0. The Labute approximate surface area is 152 Å². The Morgan fingerprint density at radius 1 is 1.09 bits per heavy atom. The minimum Gasteiger partial charge on any atom is -0.385 e. The Balaban J connectivity index is 2.31. The molecular weight excluding hydrogens is 479 g/mol. The van der Waals surface area contributed by atoms with Gasteiger partial charge < -0.3 is 5.11 Å². The van der Waals surface area contributed by atoms with Crippen molar-refractivity contribution in [2.24, 2.45) is 0 Å². The van der Waals surface area contributed by atoms with Crippen LogP contribution in [-0.4, -0.2) is 20.9 Å². The van der Waals surface area contributed by atoms with Gasteiger partial charge in [-0.15, -0.1) is 0 Å². The van der Waals surface area contributed by atoms with Gasteiger partial charge in [-0.3, -0.25) is 0 Å². The maximum Gasteiger partial charge on any atom is 0.207 e. The van der Waals surface area contributed by atoms with Crippen LogP contribution in [0, 0.1) is 0 Å². The first-order valence-electron chi connectivity index (χ1n) is 6.73. The molecule has 0 saturated carbocycles. The fourth-order valence-corrected chi connectivity index (χ4v) is 5.15. The van der Waals surface area contributed by atoms with Crippen molar-refractivity contribution in [3.63, 3.8) is 0 Å². The van der Waals surface area contributed by atoms with E-state index in [2.05, 4.69) is 15.9 Å². The van der Waals surface area contributed by atoms with Gasteiger partial charge in [-0.25, -0.2) is 8.42 Å². The Kier molecular flexibility index (Phi) is 5.68. The maximum atomic E-state index is 12.1. The first-order chi connectivity index (χ1) is 10.3. The van der Waals surface area contributed by atoms with Crippen LogP contribution in [0.2, 0.25) is 0 Å². The van der Waals surface area contributed by atoms with E-state index < -0.39 is 17.6 Å². The summed E-state index contributed by atoms with van der Waals surface area (Å²) in [5.41, 5.74) is 2.65. The third-order valence-corrected chi connectivity index (χ3v) is 9.78. The van der Waals surface area contributed by atoms with Crippen molar-refractivity contribution in [3.8, 4) is 11.1 Å². The molecule has 6 heteroatoms. The highest BCUT2D eigenvalue weighted by Crippen LogP contribution is 2.45. The van der Waals surface area contributed by atoms with E-state index in [0.29, 0.717) is 5.56 Å². The molecule has 0 aliphatic rings. The maximum absolute atomic E-state index is 12.1. The predicted octanol–water partition coefficient (Wildman–Crippen LogP) is 4.31. The largest absolute Gasteiger partial charge is 0.385 e. The molecule has 2 atom stereocenters. The fraction of sp³-hybridized carbons (Fsp3) is 0.250. The Hall–Kier alpha value is -0.440. The highest BCUT2D eigenvalue weighted by molar-refractivity contribution is 14.1. The molecule has 1 N–H and O–H groups in total. The first-order valence-corrected chi connectivity index (χ1v) is 10.3. The number of benzene rings is 2. The van der Waals surface area contributed by atoms with Gasteiger partial charge in [0.05, 0.1) is 0 Å². The summed E-state index contributed by atoms with van der Waals surface area (Å²) in [7, 11) is -3.45. The lowest BCUT2D eigenvalue weighted by atomic mass is 10.0. The summed E-state index contributed by atoms with van der Waals surface area (Å²) >= 11 is 4.92. The molecule has 0 bridgehead atoms. The molecule has 2 aromatic rings.